The van der Waals surface area contributed by atoms with Gasteiger partial charge in [0, 0.05) is 0 Å². The molecule has 0 amide bonds. The van der Waals surface area contributed by atoms with Gasteiger partial charge in [0.1, 0.15) is 6.34 Å². The van der Waals surface area contributed by atoms with E-state index in [1.54, 1.807) is 0 Å². The molecule has 3 nitrogen and oxygen atoms in total. The van der Waals surface area contributed by atoms with Crippen molar-refractivity contribution in [2.45, 2.75) is 6.92 Å². The maximum Gasteiger partial charge on any atom is 0.129 e. The second kappa shape index (κ2) is 4.27. The summed E-state index contributed by atoms with van der Waals surface area (Å²) in [6.07, 6.45) is 0.920. The third-order valence-electron chi connectivity index (χ3n) is 0.281. The average molecular weight is 85.1 g/mol. The normalized spacial score (nSPS) is 9.50. The molecule has 0 atom stereocenters. The second-order valence-electron chi connectivity index (χ2n) is 0.702. The molecule has 0 bridgehead atoms. The Kier molecular flexibility index (Phi) is 3.75. The first-order valence-corrected chi connectivity index (χ1v) is 1.77. The van der Waals surface area contributed by atoms with Crippen molar-refractivity contribution in [3.05, 3.63) is 0 Å². The molecule has 0 aromatic rings. The van der Waals surface area contributed by atoms with Crippen molar-refractivity contribution in [2.75, 3.05) is 6.54 Å². The lowest BCUT2D eigenvalue weighted by atomic mass is 10.8. The number of hydrogen-bond donors (Lipinski definition) is 1. The predicted molar refractivity (Wildman–Crippen MR) is 24.2 cm³/mol. The smallest absolute Gasteiger partial charge is 0.129 e. The van der Waals surface area contributed by atoms with Crippen molar-refractivity contribution in [3.63, 3.8) is 0 Å². The fraction of sp³-hybridized carbons (Fsp3) is 0.667. The van der Waals surface area contributed by atoms with Crippen molar-refractivity contribution < 1.29 is 0 Å². The molecule has 0 fully saturated rings. The van der Waals surface area contributed by atoms with Crippen LogP contribution in [0.5, 0.6) is 0 Å². The molecule has 0 rings (SSSR count). The van der Waals surface area contributed by atoms with Gasteiger partial charge in [-0.2, -0.15) is 5.11 Å². The van der Waals surface area contributed by atoms with E-state index in [0.29, 0.717) is 6.54 Å². The first kappa shape index (κ1) is 5.27. The molecule has 34 valence electrons. The molecule has 0 saturated heterocycles. The first-order chi connectivity index (χ1) is 2.91. The Morgan fingerprint density at radius 3 is 2.67 bits per heavy atom. The van der Waals surface area contributed by atoms with Crippen molar-refractivity contribution in [1.82, 2.24) is 0 Å². The van der Waals surface area contributed by atoms with Crippen LogP contribution in [0.1, 0.15) is 6.92 Å². The number of nitrogens with zero attached hydrogens (tertiary/aromatic N) is 2. The van der Waals surface area contributed by atoms with Crippen LogP contribution in [-0.2, 0) is 0 Å². The highest BCUT2D eigenvalue weighted by Crippen LogP contribution is 1.64. The molecule has 0 aliphatic heterocycles. The monoisotopic (exact) mass is 85.1 g/mol. The summed E-state index contributed by atoms with van der Waals surface area (Å²) >= 11 is 0. The summed E-state index contributed by atoms with van der Waals surface area (Å²) in [4.78, 5) is 0. The third-order valence-corrected chi connectivity index (χ3v) is 0.281. The molecular formula is C3H7N3. The van der Waals surface area contributed by atoms with Gasteiger partial charge >= 0.3 is 0 Å². The molecule has 6 heavy (non-hydrogen) atoms. The van der Waals surface area contributed by atoms with Crippen LogP contribution in [-0.4, -0.2) is 12.9 Å². The molecule has 0 unspecified atom stereocenters. The molecule has 0 aliphatic rings. The van der Waals surface area contributed by atoms with Crippen LogP contribution in [0.15, 0.2) is 10.2 Å². The van der Waals surface area contributed by atoms with Gasteiger partial charge in [-0.05, 0) is 6.92 Å². The summed E-state index contributed by atoms with van der Waals surface area (Å²) < 4.78 is 0. The second-order valence-corrected chi connectivity index (χ2v) is 0.702. The number of rotatable bonds is 2. The average Bonchev–Trinajstić information content (AvgIpc) is 1.61. The van der Waals surface area contributed by atoms with Crippen LogP contribution < -0.4 is 0 Å². The van der Waals surface area contributed by atoms with Crippen molar-refractivity contribution >= 4 is 6.34 Å². The largest absolute Gasteiger partial charge is 0.288 e. The molecule has 0 aliphatic carbocycles. The van der Waals surface area contributed by atoms with Crippen LogP contribution in [0.4, 0.5) is 0 Å². The van der Waals surface area contributed by atoms with Gasteiger partial charge in [-0.3, -0.25) is 5.41 Å². The molecule has 0 heterocycles. The Labute approximate surface area is 36.6 Å². The molecule has 0 spiro atoms. The van der Waals surface area contributed by atoms with Crippen LogP contribution in [0.25, 0.3) is 0 Å². The van der Waals surface area contributed by atoms with Crippen LogP contribution >= 0.6 is 0 Å². The fourth-order valence-electron chi connectivity index (χ4n) is 0.122. The molecule has 0 radical (unpaired) electrons. The minimum Gasteiger partial charge on any atom is -0.288 e. The summed E-state index contributed by atoms with van der Waals surface area (Å²) in [5, 5.41) is 13.0. The lowest BCUT2D eigenvalue weighted by molar-refractivity contribution is 1.02. The molecule has 3 heteroatoms. The van der Waals surface area contributed by atoms with E-state index in [-0.39, 0.29) is 0 Å². The Balaban J connectivity index is 2.94. The Hall–Kier alpha value is -0.730. The molecular weight excluding hydrogens is 78.1 g/mol. The zero-order valence-corrected chi connectivity index (χ0v) is 3.68. The summed E-state index contributed by atoms with van der Waals surface area (Å²) in [7, 11) is 0. The minimum absolute atomic E-state index is 0.662. The molecule has 0 saturated carbocycles. The van der Waals surface area contributed by atoms with Gasteiger partial charge in [-0.1, -0.05) is 0 Å². The SMILES string of the molecule is CCN=NC=N. The van der Waals surface area contributed by atoms with E-state index in [4.69, 9.17) is 5.41 Å². The van der Waals surface area contributed by atoms with E-state index in [2.05, 4.69) is 10.2 Å². The summed E-state index contributed by atoms with van der Waals surface area (Å²) in [6, 6.07) is 0. The van der Waals surface area contributed by atoms with Gasteiger partial charge in [-0.25, -0.2) is 0 Å². The third kappa shape index (κ3) is 3.27. The van der Waals surface area contributed by atoms with Gasteiger partial charge in [0.25, 0.3) is 0 Å². The summed E-state index contributed by atoms with van der Waals surface area (Å²) in [6.45, 7) is 2.53. The molecule has 1 N–H and O–H groups in total. The highest BCUT2D eigenvalue weighted by Gasteiger charge is 1.56. The number of azo groups is 1. The van der Waals surface area contributed by atoms with Gasteiger partial charge < -0.3 is 0 Å². The summed E-state index contributed by atoms with van der Waals surface area (Å²) in [5.41, 5.74) is 0. The lowest BCUT2D eigenvalue weighted by Gasteiger charge is -1.68. The van der Waals surface area contributed by atoms with Crippen molar-refractivity contribution in [3.8, 4) is 0 Å². The van der Waals surface area contributed by atoms with E-state index in [1.807, 2.05) is 6.92 Å². The van der Waals surface area contributed by atoms with Crippen molar-refractivity contribution in [2.24, 2.45) is 10.2 Å². The van der Waals surface area contributed by atoms with E-state index in [1.165, 1.54) is 0 Å². The number of nitrogens with one attached hydrogen (secondary N) is 1. The Bertz CT molecular complexity index is 57.1. The predicted octanol–water partition coefficient (Wildman–Crippen LogP) is 1.07. The topological polar surface area (TPSA) is 48.6 Å². The summed E-state index contributed by atoms with van der Waals surface area (Å²) in [5.74, 6) is 0. The van der Waals surface area contributed by atoms with Crippen LogP contribution in [0.3, 0.4) is 0 Å². The number of hydrogen-bond acceptors (Lipinski definition) is 2. The maximum absolute atomic E-state index is 6.32. The zero-order chi connectivity index (χ0) is 4.83. The highest BCUT2D eigenvalue weighted by atomic mass is 15.1. The van der Waals surface area contributed by atoms with Gasteiger partial charge in [0.05, 0.1) is 6.54 Å². The quantitative estimate of drug-likeness (QED) is 0.296. The van der Waals surface area contributed by atoms with Gasteiger partial charge in [0.15, 0.2) is 0 Å². The molecule has 0 aromatic heterocycles. The standard InChI is InChI=1S/C3H7N3/c1-2-5-6-3-4/h3-4H,2H2,1H3. The van der Waals surface area contributed by atoms with Gasteiger partial charge in [-0.15, -0.1) is 5.11 Å². The van der Waals surface area contributed by atoms with Gasteiger partial charge in [0.2, 0.25) is 0 Å². The zero-order valence-electron chi connectivity index (χ0n) is 3.68. The lowest BCUT2D eigenvalue weighted by Crippen LogP contribution is -1.61. The van der Waals surface area contributed by atoms with Crippen LogP contribution in [0.2, 0.25) is 0 Å². The molecule has 0 aromatic carbocycles. The fourth-order valence-corrected chi connectivity index (χ4v) is 0.122. The van der Waals surface area contributed by atoms with E-state index in [9.17, 15) is 0 Å². The highest BCUT2D eigenvalue weighted by molar-refractivity contribution is 5.49. The van der Waals surface area contributed by atoms with E-state index in [0.717, 1.165) is 6.34 Å². The van der Waals surface area contributed by atoms with E-state index < -0.39 is 0 Å². The maximum atomic E-state index is 6.32. The minimum atomic E-state index is 0.662. The van der Waals surface area contributed by atoms with Crippen LogP contribution in [0, 0.1) is 5.41 Å². The first-order valence-electron chi connectivity index (χ1n) is 1.77. The van der Waals surface area contributed by atoms with Crippen molar-refractivity contribution in [1.29, 1.82) is 5.41 Å². The Morgan fingerprint density at radius 1 is 1.83 bits per heavy atom. The van der Waals surface area contributed by atoms with E-state index >= 15 is 0 Å². The Morgan fingerprint density at radius 2 is 2.50 bits per heavy atom.